The van der Waals surface area contributed by atoms with Gasteiger partial charge in [-0.1, -0.05) is 32.1 Å². The molecule has 94 valence electrons. The van der Waals surface area contributed by atoms with E-state index >= 15 is 0 Å². The Bertz CT molecular complexity index is 181. The van der Waals surface area contributed by atoms with Crippen LogP contribution in [0.15, 0.2) is 0 Å². The molecular weight excluding hydrogens is 198 g/mol. The van der Waals surface area contributed by atoms with Crippen molar-refractivity contribution in [2.45, 2.75) is 63.9 Å². The van der Waals surface area contributed by atoms with Gasteiger partial charge in [-0.2, -0.15) is 0 Å². The van der Waals surface area contributed by atoms with Gasteiger partial charge in [0.25, 0.3) is 0 Å². The summed E-state index contributed by atoms with van der Waals surface area (Å²) in [4.78, 5) is 2.49. The van der Waals surface area contributed by atoms with Gasteiger partial charge < -0.3 is 10.0 Å². The second kappa shape index (κ2) is 6.61. The van der Waals surface area contributed by atoms with E-state index in [1.165, 1.54) is 70.9 Å². The number of hydrogen-bond acceptors (Lipinski definition) is 2. The minimum Gasteiger partial charge on any atom is -0.392 e. The summed E-state index contributed by atoms with van der Waals surface area (Å²) in [5, 5.41) is 10.3. The van der Waals surface area contributed by atoms with Crippen LogP contribution in [0, 0.1) is 5.92 Å². The Labute approximate surface area is 100 Å². The van der Waals surface area contributed by atoms with E-state index in [-0.39, 0.29) is 6.10 Å². The van der Waals surface area contributed by atoms with E-state index in [0.29, 0.717) is 5.92 Å². The fourth-order valence-corrected chi connectivity index (χ4v) is 3.25. The smallest absolute Gasteiger partial charge is 0.0695 e. The quantitative estimate of drug-likeness (QED) is 0.798. The third-order valence-corrected chi connectivity index (χ3v) is 4.34. The summed E-state index contributed by atoms with van der Waals surface area (Å²) < 4.78 is 0. The van der Waals surface area contributed by atoms with Crippen molar-refractivity contribution in [3.05, 3.63) is 0 Å². The van der Waals surface area contributed by atoms with E-state index in [0.717, 1.165) is 6.54 Å². The van der Waals surface area contributed by atoms with Gasteiger partial charge in [-0.15, -0.1) is 0 Å². The van der Waals surface area contributed by atoms with Gasteiger partial charge in [0.2, 0.25) is 0 Å². The highest BCUT2D eigenvalue weighted by Gasteiger charge is 2.23. The van der Waals surface area contributed by atoms with Gasteiger partial charge >= 0.3 is 0 Å². The lowest BCUT2D eigenvalue weighted by atomic mass is 9.85. The van der Waals surface area contributed by atoms with Crippen LogP contribution in [-0.2, 0) is 0 Å². The molecule has 1 atom stereocenters. The predicted molar refractivity (Wildman–Crippen MR) is 67.5 cm³/mol. The normalized spacial score (nSPS) is 27.6. The van der Waals surface area contributed by atoms with Gasteiger partial charge in [-0.05, 0) is 44.7 Å². The molecule has 2 heteroatoms. The van der Waals surface area contributed by atoms with Crippen molar-refractivity contribution in [3.8, 4) is 0 Å². The van der Waals surface area contributed by atoms with E-state index in [2.05, 4.69) is 4.90 Å². The van der Waals surface area contributed by atoms with E-state index in [4.69, 9.17) is 0 Å². The molecule has 0 amide bonds. The Morgan fingerprint density at radius 1 is 0.875 bits per heavy atom. The largest absolute Gasteiger partial charge is 0.392 e. The maximum Gasteiger partial charge on any atom is 0.0695 e. The molecule has 2 aliphatic rings. The summed E-state index contributed by atoms with van der Waals surface area (Å²) in [6.07, 6.45) is 11.9. The van der Waals surface area contributed by atoms with Gasteiger partial charge in [-0.25, -0.2) is 0 Å². The van der Waals surface area contributed by atoms with Crippen LogP contribution < -0.4 is 0 Å². The van der Waals surface area contributed by atoms with Gasteiger partial charge in [-0.3, -0.25) is 0 Å². The number of hydrogen-bond donors (Lipinski definition) is 1. The summed E-state index contributed by atoms with van der Waals surface area (Å²) in [6.45, 7) is 3.36. The Kier molecular flexibility index (Phi) is 5.11. The Hall–Kier alpha value is -0.0800. The summed E-state index contributed by atoms with van der Waals surface area (Å²) in [5.41, 5.74) is 0. The molecular formula is C14H27NO. The molecule has 1 saturated carbocycles. The van der Waals surface area contributed by atoms with Crippen molar-refractivity contribution in [2.24, 2.45) is 5.92 Å². The number of aliphatic hydroxyl groups excluding tert-OH is 1. The molecule has 0 radical (unpaired) electrons. The molecule has 0 spiro atoms. The maximum absolute atomic E-state index is 10.3. The molecule has 0 aromatic rings. The number of likely N-dealkylation sites (tertiary alicyclic amines) is 1. The van der Waals surface area contributed by atoms with Gasteiger partial charge in [0.1, 0.15) is 0 Å². The van der Waals surface area contributed by atoms with Gasteiger partial charge in [0, 0.05) is 6.54 Å². The summed E-state index contributed by atoms with van der Waals surface area (Å²) in [7, 11) is 0. The second-order valence-electron chi connectivity index (χ2n) is 5.68. The first-order valence-electron chi connectivity index (χ1n) is 7.26. The molecule has 2 nitrogen and oxygen atoms in total. The van der Waals surface area contributed by atoms with E-state index in [9.17, 15) is 5.11 Å². The maximum atomic E-state index is 10.3. The van der Waals surface area contributed by atoms with Crippen LogP contribution in [0.3, 0.4) is 0 Å². The zero-order valence-corrected chi connectivity index (χ0v) is 10.5. The molecule has 1 aliphatic heterocycles. The zero-order chi connectivity index (χ0) is 11.2. The van der Waals surface area contributed by atoms with Crippen LogP contribution in [0.2, 0.25) is 0 Å². The third-order valence-electron chi connectivity index (χ3n) is 4.34. The minimum atomic E-state index is -0.0570. The first-order chi connectivity index (χ1) is 7.86. The number of β-amino-alcohol motifs (C(OH)–C–C–N with tert-alkyl or cyclic N) is 1. The van der Waals surface area contributed by atoms with Crippen LogP contribution in [-0.4, -0.2) is 35.7 Å². The van der Waals surface area contributed by atoms with E-state index in [1.54, 1.807) is 0 Å². The summed E-state index contributed by atoms with van der Waals surface area (Å²) >= 11 is 0. The van der Waals surface area contributed by atoms with Crippen LogP contribution in [0.25, 0.3) is 0 Å². The van der Waals surface area contributed by atoms with E-state index in [1.807, 2.05) is 0 Å². The molecule has 2 fully saturated rings. The fraction of sp³-hybridized carbons (Fsp3) is 1.00. The minimum absolute atomic E-state index is 0.0570. The average Bonchev–Trinajstić information content (AvgIpc) is 2.59. The number of rotatable bonds is 3. The molecule has 16 heavy (non-hydrogen) atoms. The first-order valence-corrected chi connectivity index (χ1v) is 7.26. The lowest BCUT2D eigenvalue weighted by Crippen LogP contribution is -2.37. The Balaban J connectivity index is 1.73. The Morgan fingerprint density at radius 3 is 2.06 bits per heavy atom. The molecule has 1 N–H and O–H groups in total. The number of nitrogens with zero attached hydrogens (tertiary/aromatic N) is 1. The highest BCUT2D eigenvalue weighted by molar-refractivity contribution is 4.77. The van der Waals surface area contributed by atoms with Crippen molar-refractivity contribution in [2.75, 3.05) is 19.6 Å². The van der Waals surface area contributed by atoms with Crippen LogP contribution in [0.4, 0.5) is 0 Å². The SMILES string of the molecule is OC(CN1CCCCCC1)C1CCCCC1. The fourth-order valence-electron chi connectivity index (χ4n) is 3.25. The molecule has 0 aromatic heterocycles. The zero-order valence-electron chi connectivity index (χ0n) is 10.5. The highest BCUT2D eigenvalue weighted by Crippen LogP contribution is 2.27. The molecule has 1 aliphatic carbocycles. The highest BCUT2D eigenvalue weighted by atomic mass is 16.3. The van der Waals surface area contributed by atoms with Crippen molar-refractivity contribution in [3.63, 3.8) is 0 Å². The van der Waals surface area contributed by atoms with Crippen molar-refractivity contribution in [1.82, 2.24) is 4.90 Å². The number of aliphatic hydroxyl groups is 1. The summed E-state index contributed by atoms with van der Waals surface area (Å²) in [6, 6.07) is 0. The third kappa shape index (κ3) is 3.74. The predicted octanol–water partition coefficient (Wildman–Crippen LogP) is 2.80. The molecule has 0 bridgehead atoms. The Morgan fingerprint density at radius 2 is 1.44 bits per heavy atom. The van der Waals surface area contributed by atoms with Crippen molar-refractivity contribution < 1.29 is 5.11 Å². The lowest BCUT2D eigenvalue weighted by molar-refractivity contribution is 0.0486. The van der Waals surface area contributed by atoms with Crippen LogP contribution in [0.1, 0.15) is 57.8 Å². The summed E-state index contributed by atoms with van der Waals surface area (Å²) in [5.74, 6) is 0.594. The lowest BCUT2D eigenvalue weighted by Gasteiger charge is -2.30. The molecule has 1 saturated heterocycles. The second-order valence-corrected chi connectivity index (χ2v) is 5.68. The monoisotopic (exact) mass is 225 g/mol. The standard InChI is InChI=1S/C14H27NO/c16-14(13-8-4-3-5-9-13)12-15-10-6-1-2-7-11-15/h13-14,16H,1-12H2. The molecule has 2 rings (SSSR count). The average molecular weight is 225 g/mol. The van der Waals surface area contributed by atoms with Gasteiger partial charge in [0.15, 0.2) is 0 Å². The van der Waals surface area contributed by atoms with Crippen LogP contribution in [0.5, 0.6) is 0 Å². The topological polar surface area (TPSA) is 23.5 Å². The van der Waals surface area contributed by atoms with Gasteiger partial charge in [0.05, 0.1) is 6.10 Å². The first kappa shape index (κ1) is 12.4. The van der Waals surface area contributed by atoms with E-state index < -0.39 is 0 Å². The molecule has 0 aromatic carbocycles. The van der Waals surface area contributed by atoms with Crippen molar-refractivity contribution in [1.29, 1.82) is 0 Å². The van der Waals surface area contributed by atoms with Crippen LogP contribution >= 0.6 is 0 Å². The molecule has 1 heterocycles. The molecule has 1 unspecified atom stereocenters. The van der Waals surface area contributed by atoms with Crippen molar-refractivity contribution >= 4 is 0 Å².